The first-order chi connectivity index (χ1) is 17.1. The number of nitrogens with one attached hydrogen (secondary N) is 2. The van der Waals surface area contributed by atoms with Crippen LogP contribution in [0, 0.1) is 0 Å². The van der Waals surface area contributed by atoms with Crippen LogP contribution < -0.4 is 11.0 Å². The number of aromatic nitrogens is 2. The molecule has 7 heteroatoms. The van der Waals surface area contributed by atoms with Gasteiger partial charge in [-0.25, -0.2) is 4.79 Å². The van der Waals surface area contributed by atoms with Crippen molar-refractivity contribution in [2.24, 2.45) is 0 Å². The van der Waals surface area contributed by atoms with E-state index in [0.29, 0.717) is 31.5 Å². The number of piperidine rings is 1. The lowest BCUT2D eigenvalue weighted by molar-refractivity contribution is -0.133. The van der Waals surface area contributed by atoms with E-state index in [1.54, 1.807) is 12.1 Å². The van der Waals surface area contributed by atoms with Crippen LogP contribution in [-0.4, -0.2) is 39.4 Å². The fourth-order valence-corrected chi connectivity index (χ4v) is 4.88. The number of amides is 2. The molecule has 2 amide bonds. The summed E-state index contributed by atoms with van der Waals surface area (Å²) in [6.07, 6.45) is 1.60. The van der Waals surface area contributed by atoms with Crippen LogP contribution in [0.3, 0.4) is 0 Å². The number of nitrogens with zero attached hydrogens (tertiary/aromatic N) is 2. The van der Waals surface area contributed by atoms with Gasteiger partial charge in [0.05, 0.1) is 23.5 Å². The summed E-state index contributed by atoms with van der Waals surface area (Å²) in [5.41, 5.74) is 3.07. The zero-order valence-corrected chi connectivity index (χ0v) is 19.4. The summed E-state index contributed by atoms with van der Waals surface area (Å²) in [4.78, 5) is 43.4. The fourth-order valence-electron chi connectivity index (χ4n) is 4.88. The van der Waals surface area contributed by atoms with Gasteiger partial charge in [0.15, 0.2) is 0 Å². The van der Waals surface area contributed by atoms with Gasteiger partial charge in [-0.3, -0.25) is 14.2 Å². The Bertz CT molecular complexity index is 1370. The molecule has 3 aromatic carbocycles. The third-order valence-corrected chi connectivity index (χ3v) is 6.73. The van der Waals surface area contributed by atoms with Crippen molar-refractivity contribution in [2.75, 3.05) is 13.1 Å². The van der Waals surface area contributed by atoms with E-state index in [9.17, 15) is 14.4 Å². The normalized spacial score (nSPS) is 15.1. The highest BCUT2D eigenvalue weighted by atomic mass is 16.2. The molecule has 1 atom stereocenters. The topological polar surface area (TPSA) is 87.2 Å². The first-order valence-corrected chi connectivity index (χ1v) is 12.0. The maximum Gasteiger partial charge on any atom is 0.326 e. The maximum atomic E-state index is 13.3. The van der Waals surface area contributed by atoms with Crippen LogP contribution in [-0.2, 0) is 4.79 Å². The van der Waals surface area contributed by atoms with Crippen LogP contribution in [0.1, 0.15) is 47.3 Å². The van der Waals surface area contributed by atoms with Crippen LogP contribution in [0.4, 0.5) is 0 Å². The summed E-state index contributed by atoms with van der Waals surface area (Å²) in [7, 11) is 0. The van der Waals surface area contributed by atoms with E-state index < -0.39 is 6.04 Å². The fraction of sp³-hybridized carbons (Fsp3) is 0.250. The zero-order chi connectivity index (χ0) is 24.2. The molecule has 1 unspecified atom stereocenters. The minimum absolute atomic E-state index is 0.00283. The molecule has 0 aliphatic carbocycles. The first kappa shape index (κ1) is 22.7. The number of hydrogen-bond acceptors (Lipinski definition) is 3. The van der Waals surface area contributed by atoms with Gasteiger partial charge in [-0.15, -0.1) is 0 Å². The molecular weight excluding hydrogens is 440 g/mol. The minimum Gasteiger partial charge on any atom is -0.345 e. The molecule has 5 rings (SSSR count). The van der Waals surface area contributed by atoms with Crippen molar-refractivity contribution in [3.8, 4) is 0 Å². The molecule has 178 valence electrons. The predicted octanol–water partition coefficient (Wildman–Crippen LogP) is 4.05. The Morgan fingerprint density at radius 1 is 0.886 bits per heavy atom. The molecule has 1 aliphatic heterocycles. The van der Waals surface area contributed by atoms with E-state index in [2.05, 4.69) is 10.3 Å². The molecule has 35 heavy (non-hydrogen) atoms. The monoisotopic (exact) mass is 468 g/mol. The molecule has 7 nitrogen and oxygen atoms in total. The van der Waals surface area contributed by atoms with Crippen molar-refractivity contribution in [2.45, 2.75) is 31.3 Å². The average molecular weight is 469 g/mol. The van der Waals surface area contributed by atoms with Crippen molar-refractivity contribution in [3.05, 3.63) is 107 Å². The number of benzene rings is 3. The van der Waals surface area contributed by atoms with E-state index >= 15 is 0 Å². The SMILES string of the molecule is O=C(NC(CC(=O)N1CCC(n2c(=O)[nH]c3ccccc32)CC1)c1ccccc1)c1ccccc1. The Balaban J connectivity index is 1.27. The molecule has 2 heterocycles. The van der Waals surface area contributed by atoms with E-state index in [1.165, 1.54) is 0 Å². The second kappa shape index (κ2) is 10.0. The van der Waals surface area contributed by atoms with Crippen LogP contribution in [0.5, 0.6) is 0 Å². The molecule has 0 spiro atoms. The van der Waals surface area contributed by atoms with Gasteiger partial charge in [-0.05, 0) is 42.7 Å². The quantitative estimate of drug-likeness (QED) is 0.448. The van der Waals surface area contributed by atoms with Gasteiger partial charge in [0.2, 0.25) is 5.91 Å². The van der Waals surface area contributed by atoms with Gasteiger partial charge in [-0.1, -0.05) is 60.7 Å². The number of hydrogen-bond donors (Lipinski definition) is 2. The molecule has 0 saturated carbocycles. The van der Waals surface area contributed by atoms with Crippen molar-refractivity contribution in [1.29, 1.82) is 0 Å². The van der Waals surface area contributed by atoms with Gasteiger partial charge < -0.3 is 15.2 Å². The van der Waals surface area contributed by atoms with E-state index in [-0.39, 0.29) is 30.0 Å². The Morgan fingerprint density at radius 2 is 1.51 bits per heavy atom. The average Bonchev–Trinajstić information content (AvgIpc) is 3.25. The van der Waals surface area contributed by atoms with Gasteiger partial charge in [-0.2, -0.15) is 0 Å². The van der Waals surface area contributed by atoms with Crippen molar-refractivity contribution in [3.63, 3.8) is 0 Å². The van der Waals surface area contributed by atoms with Gasteiger partial charge in [0.1, 0.15) is 0 Å². The molecule has 1 fully saturated rings. The van der Waals surface area contributed by atoms with Gasteiger partial charge in [0, 0.05) is 24.7 Å². The Labute approximate surface area is 203 Å². The smallest absolute Gasteiger partial charge is 0.326 e. The largest absolute Gasteiger partial charge is 0.345 e. The van der Waals surface area contributed by atoms with Crippen LogP contribution in [0.2, 0.25) is 0 Å². The van der Waals surface area contributed by atoms with E-state index in [1.807, 2.05) is 82.3 Å². The molecular formula is C28H28N4O3. The van der Waals surface area contributed by atoms with Crippen LogP contribution >= 0.6 is 0 Å². The van der Waals surface area contributed by atoms with Crippen molar-refractivity contribution >= 4 is 22.8 Å². The Hall–Kier alpha value is -4.13. The lowest BCUT2D eigenvalue weighted by Gasteiger charge is -2.33. The number of rotatable bonds is 6. The van der Waals surface area contributed by atoms with Gasteiger partial charge >= 0.3 is 5.69 Å². The van der Waals surface area contributed by atoms with Crippen LogP contribution in [0.25, 0.3) is 11.0 Å². The van der Waals surface area contributed by atoms with Crippen LogP contribution in [0.15, 0.2) is 89.7 Å². The Morgan fingerprint density at radius 3 is 2.23 bits per heavy atom. The number of H-pyrrole nitrogens is 1. The summed E-state index contributed by atoms with van der Waals surface area (Å²) in [6.45, 7) is 1.15. The Kier molecular flexibility index (Phi) is 6.48. The third-order valence-electron chi connectivity index (χ3n) is 6.73. The molecule has 0 bridgehead atoms. The summed E-state index contributed by atoms with van der Waals surface area (Å²) in [6, 6.07) is 25.9. The summed E-state index contributed by atoms with van der Waals surface area (Å²) in [5.74, 6) is -0.207. The highest BCUT2D eigenvalue weighted by Crippen LogP contribution is 2.26. The minimum atomic E-state index is -0.426. The number of para-hydroxylation sites is 2. The summed E-state index contributed by atoms with van der Waals surface area (Å²) >= 11 is 0. The number of fused-ring (bicyclic) bond motifs is 1. The third kappa shape index (κ3) is 4.89. The number of imidazole rings is 1. The number of carbonyl (C=O) groups excluding carboxylic acids is 2. The van der Waals surface area contributed by atoms with Crippen molar-refractivity contribution < 1.29 is 9.59 Å². The highest BCUT2D eigenvalue weighted by Gasteiger charge is 2.28. The molecule has 1 aliphatic rings. The lowest BCUT2D eigenvalue weighted by atomic mass is 10.00. The highest BCUT2D eigenvalue weighted by molar-refractivity contribution is 5.94. The maximum absolute atomic E-state index is 13.3. The molecule has 4 aromatic rings. The number of carbonyl (C=O) groups is 2. The summed E-state index contributed by atoms with van der Waals surface area (Å²) in [5, 5.41) is 3.04. The molecule has 2 N–H and O–H groups in total. The van der Waals surface area contributed by atoms with Crippen molar-refractivity contribution in [1.82, 2.24) is 19.8 Å². The second-order valence-corrected chi connectivity index (χ2v) is 8.94. The van der Waals surface area contributed by atoms with Gasteiger partial charge in [0.25, 0.3) is 5.91 Å². The first-order valence-electron chi connectivity index (χ1n) is 12.0. The van der Waals surface area contributed by atoms with E-state index in [4.69, 9.17) is 0 Å². The standard InChI is InChI=1S/C28H28N4O3/c33-26(19-24(20-9-3-1-4-10-20)29-27(34)21-11-5-2-6-12-21)31-17-15-22(16-18-31)32-25-14-8-7-13-23(25)30-28(32)35/h1-14,22,24H,15-19H2,(H,29,34)(H,30,35). The second-order valence-electron chi connectivity index (χ2n) is 8.94. The molecule has 1 saturated heterocycles. The lowest BCUT2D eigenvalue weighted by Crippen LogP contribution is -2.42. The van der Waals surface area contributed by atoms with E-state index in [0.717, 1.165) is 16.6 Å². The molecule has 0 radical (unpaired) electrons. The molecule has 1 aromatic heterocycles. The summed E-state index contributed by atoms with van der Waals surface area (Å²) < 4.78 is 1.82. The number of aromatic amines is 1. The zero-order valence-electron chi connectivity index (χ0n) is 19.4. The predicted molar refractivity (Wildman–Crippen MR) is 135 cm³/mol. The number of likely N-dealkylation sites (tertiary alicyclic amines) is 1.